The fourth-order valence-electron chi connectivity index (χ4n) is 4.95. The first-order valence-corrected chi connectivity index (χ1v) is 17.8. The maximum atomic E-state index is 5.91. The van der Waals surface area contributed by atoms with Gasteiger partial charge in [-0.2, -0.15) is 0 Å². The summed E-state index contributed by atoms with van der Waals surface area (Å²) in [6, 6.07) is 13.4. The van der Waals surface area contributed by atoms with Gasteiger partial charge in [0.1, 0.15) is 0 Å². The molecule has 0 aliphatic carbocycles. The Kier molecular flexibility index (Phi) is 21.5. The minimum absolute atomic E-state index is 0.728. The topological polar surface area (TPSA) is 55.4 Å². The molecule has 7 nitrogen and oxygen atoms in total. The molecule has 1 N–H and O–H groups in total. The predicted octanol–water partition coefficient (Wildman–Crippen LogP) is 8.93. The molecule has 0 spiro atoms. The van der Waals surface area contributed by atoms with Gasteiger partial charge >= 0.3 is 0 Å². The monoisotopic (exact) mass is 627 g/mol. The summed E-state index contributed by atoms with van der Waals surface area (Å²) >= 11 is 0. The van der Waals surface area contributed by atoms with Crippen LogP contribution >= 0.6 is 0 Å². The number of hydrogen-bond donors (Lipinski definition) is 1. The molecule has 0 saturated heterocycles. The van der Waals surface area contributed by atoms with Crippen LogP contribution in [0.1, 0.15) is 90.2 Å². The van der Waals surface area contributed by atoms with Gasteiger partial charge in [0.2, 0.25) is 0 Å². The Morgan fingerprint density at radius 3 is 1.04 bits per heavy atom. The summed E-state index contributed by atoms with van der Waals surface area (Å²) in [5.74, 6) is 0. The van der Waals surface area contributed by atoms with Crippen molar-refractivity contribution in [3.63, 3.8) is 0 Å². The van der Waals surface area contributed by atoms with Crippen LogP contribution < -0.4 is 15.1 Å². The minimum atomic E-state index is 0.728. The molecule has 0 aliphatic heterocycles. The number of nitrogens with one attached hydrogen (secondary N) is 1. The highest BCUT2D eigenvalue weighted by Crippen LogP contribution is 2.29. The zero-order valence-electron chi connectivity index (χ0n) is 29.6. The number of hydrogen-bond acceptors (Lipinski definition) is 7. The zero-order chi connectivity index (χ0) is 32.5. The fraction of sp³-hybridized carbons (Fsp3) is 0.684. The van der Waals surface area contributed by atoms with Gasteiger partial charge in [-0.05, 0) is 87.1 Å². The van der Waals surface area contributed by atoms with Crippen molar-refractivity contribution in [1.29, 1.82) is 0 Å². The Morgan fingerprint density at radius 2 is 0.778 bits per heavy atom. The van der Waals surface area contributed by atoms with Crippen molar-refractivity contribution < 1.29 is 18.9 Å². The number of unbranched alkanes of at least 4 members (excludes halogenated alkanes) is 4. The van der Waals surface area contributed by atoms with Crippen molar-refractivity contribution in [2.45, 2.75) is 92.9 Å². The number of benzene rings is 2. The quantitative estimate of drug-likeness (QED) is 0.0946. The third-order valence-corrected chi connectivity index (χ3v) is 8.01. The van der Waals surface area contributed by atoms with Crippen molar-refractivity contribution in [1.82, 2.24) is 0 Å². The Morgan fingerprint density at radius 1 is 0.467 bits per heavy atom. The van der Waals surface area contributed by atoms with Gasteiger partial charge in [-0.25, -0.2) is 0 Å². The maximum Gasteiger partial charge on any atom is 0.0641 e. The average Bonchev–Trinajstić information content (AvgIpc) is 3.04. The second-order valence-corrected chi connectivity index (χ2v) is 12.0. The molecule has 0 radical (unpaired) electrons. The Labute approximate surface area is 276 Å². The number of aryl methyl sites for hydroxylation is 2. The SMILES string of the molecule is CCCCOCCN(CCOCCCC)c1ccc(Nc2ccc(N(CCOCCCC)CCOCCCC)cc2C)c(C)c1. The van der Waals surface area contributed by atoms with Crippen LogP contribution in [0, 0.1) is 13.8 Å². The predicted molar refractivity (Wildman–Crippen MR) is 193 cm³/mol. The first-order valence-electron chi connectivity index (χ1n) is 17.8. The van der Waals surface area contributed by atoms with Crippen LogP contribution in [-0.4, -0.2) is 79.0 Å². The molecule has 256 valence electrons. The van der Waals surface area contributed by atoms with E-state index in [1.807, 2.05) is 0 Å². The lowest BCUT2D eigenvalue weighted by Gasteiger charge is -2.27. The molecule has 2 aromatic rings. The molecule has 0 aliphatic rings. The highest BCUT2D eigenvalue weighted by molar-refractivity contribution is 5.70. The summed E-state index contributed by atoms with van der Waals surface area (Å²) in [6.07, 6.45) is 9.07. The van der Waals surface area contributed by atoms with Crippen LogP contribution in [0.5, 0.6) is 0 Å². The van der Waals surface area contributed by atoms with Crippen molar-refractivity contribution in [3.8, 4) is 0 Å². The summed E-state index contributed by atoms with van der Waals surface area (Å²) in [5, 5.41) is 3.70. The number of rotatable bonds is 28. The van der Waals surface area contributed by atoms with E-state index in [-0.39, 0.29) is 0 Å². The van der Waals surface area contributed by atoms with Crippen LogP contribution in [-0.2, 0) is 18.9 Å². The summed E-state index contributed by atoms with van der Waals surface area (Å²) in [4.78, 5) is 4.78. The second kappa shape index (κ2) is 24.9. The van der Waals surface area contributed by atoms with Crippen LogP contribution in [0.4, 0.5) is 22.7 Å². The Hall–Kier alpha value is -2.32. The van der Waals surface area contributed by atoms with E-state index < -0.39 is 0 Å². The molecule has 0 atom stereocenters. The van der Waals surface area contributed by atoms with Crippen LogP contribution in [0.15, 0.2) is 36.4 Å². The van der Waals surface area contributed by atoms with Crippen molar-refractivity contribution in [2.24, 2.45) is 0 Å². The standard InChI is InChI=1S/C38H65N3O4/c1-7-11-23-42-27-19-40(20-28-43-24-12-8-2)35-15-17-37(33(5)31-35)39-38-18-16-36(32-34(38)6)41(21-29-44-25-13-9-3)22-30-45-26-14-10-4/h15-18,31-32,39H,7-14,19-30H2,1-6H3. The lowest BCUT2D eigenvalue weighted by Crippen LogP contribution is -2.31. The van der Waals surface area contributed by atoms with Gasteiger partial charge in [-0.3, -0.25) is 0 Å². The van der Waals surface area contributed by atoms with Gasteiger partial charge in [0.25, 0.3) is 0 Å². The molecule has 2 aromatic carbocycles. The fourth-order valence-corrected chi connectivity index (χ4v) is 4.95. The van der Waals surface area contributed by atoms with Crippen LogP contribution in [0.2, 0.25) is 0 Å². The molecule has 0 heterocycles. The molecule has 0 aromatic heterocycles. The second-order valence-electron chi connectivity index (χ2n) is 12.0. The third-order valence-electron chi connectivity index (χ3n) is 8.01. The highest BCUT2D eigenvalue weighted by Gasteiger charge is 2.12. The number of nitrogens with zero attached hydrogens (tertiary/aromatic N) is 2. The lowest BCUT2D eigenvalue weighted by atomic mass is 10.1. The van der Waals surface area contributed by atoms with Gasteiger partial charge in [-0.15, -0.1) is 0 Å². The van der Waals surface area contributed by atoms with Gasteiger partial charge < -0.3 is 34.1 Å². The van der Waals surface area contributed by atoms with E-state index in [0.717, 1.165) is 142 Å². The first kappa shape index (κ1) is 38.9. The van der Waals surface area contributed by atoms with Crippen molar-refractivity contribution >= 4 is 22.7 Å². The largest absolute Gasteiger partial charge is 0.380 e. The zero-order valence-corrected chi connectivity index (χ0v) is 29.6. The number of anilines is 4. The normalized spacial score (nSPS) is 11.2. The van der Waals surface area contributed by atoms with E-state index in [1.54, 1.807) is 0 Å². The van der Waals surface area contributed by atoms with E-state index in [1.165, 1.54) is 22.5 Å². The van der Waals surface area contributed by atoms with Crippen LogP contribution in [0.3, 0.4) is 0 Å². The lowest BCUT2D eigenvalue weighted by molar-refractivity contribution is 0.125. The Balaban J connectivity index is 2.08. The summed E-state index contributed by atoms with van der Waals surface area (Å²) < 4.78 is 23.6. The molecule has 0 saturated carbocycles. The summed E-state index contributed by atoms with van der Waals surface area (Å²) in [5.41, 5.74) is 7.10. The third kappa shape index (κ3) is 16.2. The van der Waals surface area contributed by atoms with E-state index >= 15 is 0 Å². The molecule has 7 heteroatoms. The van der Waals surface area contributed by atoms with Gasteiger partial charge in [0.15, 0.2) is 0 Å². The highest BCUT2D eigenvalue weighted by atomic mass is 16.5. The van der Waals surface area contributed by atoms with E-state index in [0.29, 0.717) is 0 Å². The first-order chi connectivity index (χ1) is 22.0. The van der Waals surface area contributed by atoms with Gasteiger partial charge in [0.05, 0.1) is 26.4 Å². The average molecular weight is 628 g/mol. The molecule has 0 unspecified atom stereocenters. The van der Waals surface area contributed by atoms with E-state index in [2.05, 4.69) is 93.1 Å². The smallest absolute Gasteiger partial charge is 0.0641 e. The molecule has 2 rings (SSSR count). The van der Waals surface area contributed by atoms with Gasteiger partial charge in [-0.1, -0.05) is 53.4 Å². The summed E-state index contributed by atoms with van der Waals surface area (Å²) in [6.45, 7) is 22.8. The molecular formula is C38H65N3O4. The van der Waals surface area contributed by atoms with E-state index in [4.69, 9.17) is 18.9 Å². The minimum Gasteiger partial charge on any atom is -0.380 e. The maximum absolute atomic E-state index is 5.91. The molecule has 45 heavy (non-hydrogen) atoms. The van der Waals surface area contributed by atoms with Crippen LogP contribution in [0.25, 0.3) is 0 Å². The molecule has 0 fully saturated rings. The molecule has 0 amide bonds. The van der Waals surface area contributed by atoms with E-state index in [9.17, 15) is 0 Å². The van der Waals surface area contributed by atoms with Gasteiger partial charge in [0, 0.05) is 75.4 Å². The molecule has 0 bridgehead atoms. The van der Waals surface area contributed by atoms with Crippen molar-refractivity contribution in [2.75, 3.05) is 94.2 Å². The van der Waals surface area contributed by atoms with Crippen molar-refractivity contribution in [3.05, 3.63) is 47.5 Å². The number of ether oxygens (including phenoxy) is 4. The summed E-state index contributed by atoms with van der Waals surface area (Å²) in [7, 11) is 0. The molecular weight excluding hydrogens is 562 g/mol. The Bertz CT molecular complexity index is 911.